The second-order valence-electron chi connectivity index (χ2n) is 1.63. The maximum Gasteiger partial charge on any atom is 0 e. The number of benzene rings is 1. The van der Waals surface area contributed by atoms with Crippen LogP contribution in [0.2, 0.25) is 0 Å². The van der Waals surface area contributed by atoms with Gasteiger partial charge in [0.25, 0.3) is 0 Å². The van der Waals surface area contributed by atoms with E-state index < -0.39 is 0 Å². The molecular weight excluding hydrogens is 630 g/mol. The third-order valence-electron chi connectivity index (χ3n) is 0.996. The fraction of sp³-hybridized carbons (Fsp3) is 0. The molecule has 0 aliphatic rings. The molecule has 0 heterocycles. The molecule has 0 atom stereocenters. The van der Waals surface area contributed by atoms with Gasteiger partial charge in [0, 0.05) is 196 Å². The van der Waals surface area contributed by atoms with E-state index in [0.29, 0.717) is 10.4 Å². The van der Waals surface area contributed by atoms with Crippen molar-refractivity contribution in [1.29, 1.82) is 0 Å². The molecule has 0 spiro atoms. The van der Waals surface area contributed by atoms with Crippen LogP contribution < -0.4 is 10.4 Å². The Morgan fingerprint density at radius 1 is 0.571 bits per heavy atom. The van der Waals surface area contributed by atoms with Gasteiger partial charge in [-0.15, -0.1) is 12.1 Å². The van der Waals surface area contributed by atoms with Crippen LogP contribution in [-0.2, 0) is 196 Å². The molecule has 0 amide bonds. The van der Waals surface area contributed by atoms with Crippen LogP contribution in [0.15, 0.2) is 24.3 Å². The predicted molar refractivity (Wildman–Crippen MR) is 34.6 cm³/mol. The topological polar surface area (TPSA) is 0 Å². The van der Waals surface area contributed by atoms with E-state index in [0.717, 1.165) is 0 Å². The first-order valence-corrected chi connectivity index (χ1v) is 2.40. The van der Waals surface area contributed by atoms with Crippen molar-refractivity contribution in [3.8, 4) is 0 Å². The summed E-state index contributed by atoms with van der Waals surface area (Å²) in [6.45, 7) is 10.8. The summed E-state index contributed by atoms with van der Waals surface area (Å²) in [5.74, 6) is 0. The quantitative estimate of drug-likeness (QED) is 0.359. The molecule has 0 aliphatic carbocycles. The average molecular weight is 636 g/mol. The van der Waals surface area contributed by atoms with E-state index in [1.807, 2.05) is 12.1 Å². The SMILES string of the molecule is [CH-]=c1ccccc1=[CH-].[Y].[Y].[Y].[Y].[Y].[Y]. The third kappa shape index (κ3) is 17.6. The summed E-state index contributed by atoms with van der Waals surface area (Å²) < 4.78 is 0. The van der Waals surface area contributed by atoms with Gasteiger partial charge in [-0.05, 0) is 0 Å². The fourth-order valence-electron chi connectivity index (χ4n) is 0.511. The molecule has 6 heteroatoms. The Hall–Kier alpha value is 5.58. The van der Waals surface area contributed by atoms with E-state index in [4.69, 9.17) is 13.2 Å². The number of hydrogen-bond acceptors (Lipinski definition) is 0. The predicted octanol–water partition coefficient (Wildman–Crippen LogP) is 0.246. The summed E-state index contributed by atoms with van der Waals surface area (Å²) in [7, 11) is 0. The van der Waals surface area contributed by atoms with Crippen molar-refractivity contribution in [2.75, 3.05) is 0 Å². The van der Waals surface area contributed by atoms with Gasteiger partial charge in [0.15, 0.2) is 0 Å². The van der Waals surface area contributed by atoms with Gasteiger partial charge in [-0.25, -0.2) is 12.1 Å². The Morgan fingerprint density at radius 2 is 0.786 bits per heavy atom. The molecule has 0 aromatic heterocycles. The normalized spacial score (nSPS) is 5.14. The minimum absolute atomic E-state index is 0. The summed E-state index contributed by atoms with van der Waals surface area (Å²) in [6.07, 6.45) is 0. The van der Waals surface area contributed by atoms with Crippen LogP contribution in [0.5, 0.6) is 0 Å². The molecule has 0 N–H and O–H groups in total. The van der Waals surface area contributed by atoms with Gasteiger partial charge < -0.3 is 10.4 Å². The monoisotopic (exact) mass is 635 g/mol. The maximum atomic E-state index is 5.39. The first-order chi connectivity index (χ1) is 3.80. The smallest absolute Gasteiger partial charge is 0 e. The summed E-state index contributed by atoms with van der Waals surface area (Å²) in [6, 6.07) is 7.25. The van der Waals surface area contributed by atoms with E-state index in [9.17, 15) is 0 Å². The van der Waals surface area contributed by atoms with Crippen molar-refractivity contribution in [1.82, 2.24) is 0 Å². The van der Waals surface area contributed by atoms with Gasteiger partial charge in [0.2, 0.25) is 0 Å². The second kappa shape index (κ2) is 23.7. The van der Waals surface area contributed by atoms with E-state index in [1.165, 1.54) is 0 Å². The molecule has 6 radical (unpaired) electrons. The molecule has 0 nitrogen and oxygen atoms in total. The van der Waals surface area contributed by atoms with E-state index in [-0.39, 0.29) is 196 Å². The maximum absolute atomic E-state index is 5.39. The zero-order chi connectivity index (χ0) is 5.98. The van der Waals surface area contributed by atoms with Crippen LogP contribution >= 0.6 is 0 Å². The zero-order valence-corrected chi connectivity index (χ0v) is 25.0. The van der Waals surface area contributed by atoms with Gasteiger partial charge in [0.1, 0.15) is 0 Å². The number of rotatable bonds is 0. The first kappa shape index (κ1) is 36.7. The largest absolute Gasteiger partial charge is 0.306 e. The summed E-state index contributed by atoms with van der Waals surface area (Å²) >= 11 is 0. The molecule has 0 bridgehead atoms. The third-order valence-corrected chi connectivity index (χ3v) is 0.996. The molecule has 0 fully saturated rings. The molecule has 1 aromatic rings. The minimum Gasteiger partial charge on any atom is -0.306 e. The molecule has 0 saturated heterocycles. The molecule has 0 saturated carbocycles. The van der Waals surface area contributed by atoms with Gasteiger partial charge >= 0.3 is 0 Å². The second-order valence-corrected chi connectivity index (χ2v) is 1.63. The Balaban J connectivity index is -0.0000000267. The minimum atomic E-state index is 0. The Labute approximate surface area is 237 Å². The van der Waals surface area contributed by atoms with Crippen LogP contribution in [0.3, 0.4) is 0 Å². The van der Waals surface area contributed by atoms with Gasteiger partial charge in [-0.3, -0.25) is 13.2 Å². The molecule has 1 aromatic carbocycles. The van der Waals surface area contributed by atoms with Crippen LogP contribution in [0.1, 0.15) is 0 Å². The van der Waals surface area contributed by atoms with E-state index in [1.54, 1.807) is 12.1 Å². The summed E-state index contributed by atoms with van der Waals surface area (Å²) in [4.78, 5) is 0. The Kier molecular flexibility index (Phi) is 61.9. The molecule has 14 heavy (non-hydrogen) atoms. The molecule has 58 valence electrons. The van der Waals surface area contributed by atoms with Gasteiger partial charge in [-0.2, -0.15) is 0 Å². The summed E-state index contributed by atoms with van der Waals surface area (Å²) in [5.41, 5.74) is 0. The van der Waals surface area contributed by atoms with E-state index in [2.05, 4.69) is 0 Å². The first-order valence-electron chi connectivity index (χ1n) is 2.40. The van der Waals surface area contributed by atoms with Crippen molar-refractivity contribution < 1.29 is 196 Å². The fourth-order valence-corrected chi connectivity index (χ4v) is 0.511. The van der Waals surface area contributed by atoms with Crippen LogP contribution in [0, 0.1) is 0 Å². The Morgan fingerprint density at radius 3 is 0.929 bits per heavy atom. The van der Waals surface area contributed by atoms with Gasteiger partial charge in [-0.1, -0.05) is 0 Å². The zero-order valence-electron chi connectivity index (χ0n) is 7.93. The van der Waals surface area contributed by atoms with Crippen molar-refractivity contribution in [2.45, 2.75) is 0 Å². The molecule has 0 unspecified atom stereocenters. The number of hydrogen-bond donors (Lipinski definition) is 0. The summed E-state index contributed by atoms with van der Waals surface area (Å²) in [5, 5.41) is 1.29. The van der Waals surface area contributed by atoms with Gasteiger partial charge in [0.05, 0.1) is 0 Å². The molecule has 0 aliphatic heterocycles. The Bertz CT molecular complexity index is 244. The standard InChI is InChI=1S/C8H6.6Y/c1-7-5-3-4-6-8(7)2;;;;;;/h1-6H;;;;;;/q-2;;;;;;. The van der Waals surface area contributed by atoms with Crippen molar-refractivity contribution >= 4 is 13.2 Å². The molecular formula is C8H6Y6-2. The van der Waals surface area contributed by atoms with E-state index >= 15 is 0 Å². The average Bonchev–Trinajstić information content (AvgIpc) is 1.77. The molecule has 1 rings (SSSR count). The van der Waals surface area contributed by atoms with Crippen LogP contribution in [0.25, 0.3) is 13.2 Å². The van der Waals surface area contributed by atoms with Crippen molar-refractivity contribution in [2.24, 2.45) is 0 Å². The van der Waals surface area contributed by atoms with Crippen LogP contribution in [0.4, 0.5) is 0 Å². The van der Waals surface area contributed by atoms with Crippen molar-refractivity contribution in [3.63, 3.8) is 0 Å². The van der Waals surface area contributed by atoms with Crippen LogP contribution in [-0.4, -0.2) is 0 Å². The van der Waals surface area contributed by atoms with Crippen molar-refractivity contribution in [3.05, 3.63) is 34.7 Å².